The van der Waals surface area contributed by atoms with Crippen LogP contribution < -0.4 is 10.1 Å². The summed E-state index contributed by atoms with van der Waals surface area (Å²) in [7, 11) is -3.63. The summed E-state index contributed by atoms with van der Waals surface area (Å²) >= 11 is 0. The molecule has 1 N–H and O–H groups in total. The van der Waals surface area contributed by atoms with Gasteiger partial charge < -0.3 is 15.0 Å². The molecule has 32 heavy (non-hydrogen) atoms. The van der Waals surface area contributed by atoms with E-state index in [9.17, 15) is 13.2 Å². The Kier molecular flexibility index (Phi) is 6.47. The Bertz CT molecular complexity index is 1160. The van der Waals surface area contributed by atoms with Crippen LogP contribution in [-0.4, -0.2) is 51.3 Å². The van der Waals surface area contributed by atoms with Gasteiger partial charge >= 0.3 is 0 Å². The number of hydrogen-bond donors (Lipinski definition) is 1. The third kappa shape index (κ3) is 4.78. The molecule has 1 fully saturated rings. The Morgan fingerprint density at radius 3 is 2.59 bits per heavy atom. The summed E-state index contributed by atoms with van der Waals surface area (Å²) in [5.41, 5.74) is 1.75. The first-order valence-corrected chi connectivity index (χ1v) is 12.0. The molecule has 2 aromatic carbocycles. The van der Waals surface area contributed by atoms with Crippen LogP contribution in [0.15, 0.2) is 57.8 Å². The van der Waals surface area contributed by atoms with E-state index in [4.69, 9.17) is 11.2 Å². The number of benzene rings is 2. The van der Waals surface area contributed by atoms with Gasteiger partial charge in [-0.15, -0.1) is 10.8 Å². The van der Waals surface area contributed by atoms with Crippen molar-refractivity contribution in [3.05, 3.63) is 59.7 Å². The van der Waals surface area contributed by atoms with E-state index in [0.717, 1.165) is 17.7 Å². The van der Waals surface area contributed by atoms with Crippen molar-refractivity contribution in [1.29, 1.82) is 0 Å². The number of fused-ring (bicyclic) bond motifs is 1. The second kappa shape index (κ2) is 9.45. The van der Waals surface area contributed by atoms with Crippen molar-refractivity contribution in [3.63, 3.8) is 0 Å². The van der Waals surface area contributed by atoms with Crippen LogP contribution >= 0.6 is 0 Å². The predicted octanol–water partition coefficient (Wildman–Crippen LogP) is 2.22. The van der Waals surface area contributed by atoms with Gasteiger partial charge in [0.2, 0.25) is 5.91 Å². The monoisotopic (exact) mass is 451 g/mol. The number of carbonyl (C=O) groups excluding carboxylic acids is 1. The molecular weight excluding hydrogens is 426 g/mol. The average molecular weight is 452 g/mol. The van der Waals surface area contributed by atoms with E-state index in [2.05, 4.69) is 15.6 Å². The average Bonchev–Trinajstić information content (AvgIpc) is 3.09. The van der Waals surface area contributed by atoms with Gasteiger partial charge in [0.15, 0.2) is 5.84 Å². The molecule has 8 heteroatoms. The van der Waals surface area contributed by atoms with E-state index in [1.54, 1.807) is 18.2 Å². The highest BCUT2D eigenvalue weighted by Crippen LogP contribution is 2.29. The van der Waals surface area contributed by atoms with E-state index in [-0.39, 0.29) is 23.3 Å². The molecule has 0 radical (unpaired) electrons. The summed E-state index contributed by atoms with van der Waals surface area (Å²) in [6, 6.07) is 14.5. The van der Waals surface area contributed by atoms with Crippen LogP contribution in [0.4, 0.5) is 0 Å². The first-order chi connectivity index (χ1) is 15.5. The Morgan fingerprint density at radius 1 is 1.16 bits per heavy atom. The molecule has 2 aliphatic heterocycles. The standard InChI is InChI=1S/C24H25N3O4S/c1-2-17-31-20-9-7-18(8-10-20)11-14-25-24(28)19-12-15-27(16-13-19)23-21-5-3-4-6-22(21)32(29,30)26-23/h1,3-10,19H,11-17H2,(H,25,28). The normalized spacial score (nSPS) is 17.2. The lowest BCUT2D eigenvalue weighted by Crippen LogP contribution is -2.43. The van der Waals surface area contributed by atoms with Crippen LogP contribution in [0.25, 0.3) is 0 Å². The molecule has 0 aromatic heterocycles. The minimum atomic E-state index is -3.63. The fourth-order valence-electron chi connectivity index (χ4n) is 4.02. The van der Waals surface area contributed by atoms with Crippen LogP contribution in [-0.2, 0) is 21.2 Å². The van der Waals surface area contributed by atoms with E-state index in [0.29, 0.717) is 43.9 Å². The van der Waals surface area contributed by atoms with Gasteiger partial charge in [0.05, 0.1) is 0 Å². The van der Waals surface area contributed by atoms with E-state index in [1.165, 1.54) is 0 Å². The number of terminal acetylenes is 1. The third-order valence-electron chi connectivity index (χ3n) is 5.74. The maximum absolute atomic E-state index is 12.6. The number of rotatable bonds is 6. The van der Waals surface area contributed by atoms with E-state index in [1.807, 2.05) is 35.2 Å². The number of amides is 1. The number of nitrogens with one attached hydrogen (secondary N) is 1. The Hall–Kier alpha value is -3.31. The van der Waals surface area contributed by atoms with Gasteiger partial charge in [-0.3, -0.25) is 4.79 Å². The predicted molar refractivity (Wildman–Crippen MR) is 122 cm³/mol. The highest BCUT2D eigenvalue weighted by Gasteiger charge is 2.34. The zero-order valence-corrected chi connectivity index (χ0v) is 18.5. The van der Waals surface area contributed by atoms with Gasteiger partial charge in [0, 0.05) is 31.1 Å². The topological polar surface area (TPSA) is 88.1 Å². The molecule has 1 amide bonds. The zero-order valence-electron chi connectivity index (χ0n) is 17.7. The summed E-state index contributed by atoms with van der Waals surface area (Å²) in [6.45, 7) is 1.99. The van der Waals surface area contributed by atoms with Crippen molar-refractivity contribution >= 4 is 21.8 Å². The number of sulfonamides is 1. The second-order valence-corrected chi connectivity index (χ2v) is 9.40. The third-order valence-corrected chi connectivity index (χ3v) is 7.06. The quantitative estimate of drug-likeness (QED) is 0.681. The molecule has 2 aromatic rings. The highest BCUT2D eigenvalue weighted by atomic mass is 32.2. The summed E-state index contributed by atoms with van der Waals surface area (Å²) in [4.78, 5) is 14.8. The molecule has 0 bridgehead atoms. The molecule has 0 unspecified atom stereocenters. The lowest BCUT2D eigenvalue weighted by molar-refractivity contribution is -0.126. The molecule has 0 aliphatic carbocycles. The largest absolute Gasteiger partial charge is 0.481 e. The summed E-state index contributed by atoms with van der Waals surface area (Å²) < 4.78 is 33.9. The molecule has 4 rings (SSSR count). The zero-order chi connectivity index (χ0) is 22.6. The number of amidine groups is 1. The summed E-state index contributed by atoms with van der Waals surface area (Å²) in [5.74, 6) is 3.61. The van der Waals surface area contributed by atoms with Crippen molar-refractivity contribution in [2.24, 2.45) is 10.3 Å². The number of carbonyl (C=O) groups is 1. The van der Waals surface area contributed by atoms with Crippen LogP contribution in [0.5, 0.6) is 5.75 Å². The number of hydrogen-bond acceptors (Lipinski definition) is 5. The molecule has 2 heterocycles. The maximum Gasteiger partial charge on any atom is 0.285 e. The number of likely N-dealkylation sites (tertiary alicyclic amines) is 1. The summed E-state index contributed by atoms with van der Waals surface area (Å²) in [5, 5.41) is 3.02. The highest BCUT2D eigenvalue weighted by molar-refractivity contribution is 7.90. The molecule has 1 saturated heterocycles. The van der Waals surface area contributed by atoms with Gasteiger partial charge in [-0.1, -0.05) is 30.2 Å². The Morgan fingerprint density at radius 2 is 1.88 bits per heavy atom. The van der Waals surface area contributed by atoms with Crippen LogP contribution in [0.1, 0.15) is 24.0 Å². The van der Waals surface area contributed by atoms with Crippen molar-refractivity contribution in [3.8, 4) is 18.1 Å². The minimum absolute atomic E-state index is 0.0417. The van der Waals surface area contributed by atoms with E-state index < -0.39 is 10.0 Å². The van der Waals surface area contributed by atoms with Crippen LogP contribution in [0.2, 0.25) is 0 Å². The van der Waals surface area contributed by atoms with Gasteiger partial charge in [-0.05, 0) is 49.1 Å². The molecule has 0 saturated carbocycles. The number of piperidine rings is 1. The molecule has 7 nitrogen and oxygen atoms in total. The molecule has 166 valence electrons. The first-order valence-electron chi connectivity index (χ1n) is 10.6. The molecule has 0 atom stereocenters. The van der Waals surface area contributed by atoms with Gasteiger partial charge in [-0.25, -0.2) is 0 Å². The van der Waals surface area contributed by atoms with Crippen molar-refractivity contribution < 1.29 is 17.9 Å². The molecule has 2 aliphatic rings. The van der Waals surface area contributed by atoms with E-state index >= 15 is 0 Å². The SMILES string of the molecule is C#CCOc1ccc(CCNC(=O)C2CCN(C3=NS(=O)(=O)c4ccccc43)CC2)cc1. The number of ether oxygens (including phenoxy) is 1. The lowest BCUT2D eigenvalue weighted by Gasteiger charge is -2.32. The second-order valence-electron chi connectivity index (χ2n) is 7.83. The summed E-state index contributed by atoms with van der Waals surface area (Å²) in [6.07, 6.45) is 7.23. The first kappa shape index (κ1) is 21.9. The Labute approximate surface area is 188 Å². The van der Waals surface area contributed by atoms with Crippen molar-refractivity contribution in [2.45, 2.75) is 24.2 Å². The van der Waals surface area contributed by atoms with Crippen LogP contribution in [0.3, 0.4) is 0 Å². The van der Waals surface area contributed by atoms with Gasteiger partial charge in [0.1, 0.15) is 17.3 Å². The van der Waals surface area contributed by atoms with Gasteiger partial charge in [-0.2, -0.15) is 8.42 Å². The fraction of sp³-hybridized carbons (Fsp3) is 0.333. The molecular formula is C24H25N3O4S. The lowest BCUT2D eigenvalue weighted by atomic mass is 9.95. The van der Waals surface area contributed by atoms with Gasteiger partial charge in [0.25, 0.3) is 10.0 Å². The fourth-order valence-corrected chi connectivity index (χ4v) is 5.25. The smallest absolute Gasteiger partial charge is 0.285 e. The molecule has 0 spiro atoms. The minimum Gasteiger partial charge on any atom is -0.481 e. The maximum atomic E-state index is 12.6. The van der Waals surface area contributed by atoms with Crippen molar-refractivity contribution in [2.75, 3.05) is 26.2 Å². The van der Waals surface area contributed by atoms with Crippen LogP contribution in [0, 0.1) is 18.3 Å². The van der Waals surface area contributed by atoms with Crippen molar-refractivity contribution in [1.82, 2.24) is 10.2 Å². The Balaban J connectivity index is 1.25. The number of nitrogens with zero attached hydrogens (tertiary/aromatic N) is 2.